The lowest BCUT2D eigenvalue weighted by atomic mass is 10.1. The minimum Gasteiger partial charge on any atom is -0.466 e. The van der Waals surface area contributed by atoms with E-state index in [0.29, 0.717) is 12.6 Å². The van der Waals surface area contributed by atoms with E-state index in [4.69, 9.17) is 9.41 Å². The molecule has 3 rings (SSSR count). The lowest BCUT2D eigenvalue weighted by molar-refractivity contribution is 0.462. The number of rotatable bonds is 5. The van der Waals surface area contributed by atoms with Crippen molar-refractivity contribution in [2.75, 3.05) is 24.5 Å². The molecule has 2 N–H and O–H groups in total. The number of hydrogen-bond donors (Lipinski definition) is 2. The van der Waals surface area contributed by atoms with Crippen molar-refractivity contribution < 1.29 is 4.42 Å². The lowest BCUT2D eigenvalue weighted by Gasteiger charge is -2.33. The number of piperidine rings is 1. The quantitative estimate of drug-likeness (QED) is 0.375. The van der Waals surface area contributed by atoms with E-state index in [1.807, 2.05) is 25.2 Å². The van der Waals surface area contributed by atoms with E-state index in [9.17, 15) is 0 Å². The highest BCUT2D eigenvalue weighted by Gasteiger charge is 2.20. The first-order valence-electron chi connectivity index (χ1n) is 9.05. The number of aryl methyl sites for hydroxylation is 2. The molecule has 0 aromatic carbocycles. The molecule has 1 aliphatic rings. The molecule has 0 atom stereocenters. The molecule has 7 heteroatoms. The zero-order valence-corrected chi connectivity index (χ0v) is 18.9. The van der Waals surface area contributed by atoms with Crippen LogP contribution in [0.2, 0.25) is 0 Å². The molecule has 5 nitrogen and oxygen atoms in total. The maximum atomic E-state index is 5.59. The van der Waals surface area contributed by atoms with E-state index in [1.165, 1.54) is 5.00 Å². The normalized spacial score (nSPS) is 15.7. The predicted octanol–water partition coefficient (Wildman–Crippen LogP) is 4.30. The van der Waals surface area contributed by atoms with Crippen LogP contribution in [0.5, 0.6) is 0 Å². The van der Waals surface area contributed by atoms with Gasteiger partial charge in [0.25, 0.3) is 0 Å². The Morgan fingerprint density at radius 1 is 1.35 bits per heavy atom. The Labute approximate surface area is 177 Å². The Morgan fingerprint density at radius 3 is 2.69 bits per heavy atom. The van der Waals surface area contributed by atoms with E-state index < -0.39 is 0 Å². The van der Waals surface area contributed by atoms with Gasteiger partial charge in [-0.3, -0.25) is 0 Å². The van der Waals surface area contributed by atoms with Crippen LogP contribution in [0.25, 0.3) is 0 Å². The van der Waals surface area contributed by atoms with Gasteiger partial charge in [0.15, 0.2) is 5.96 Å². The number of aliphatic imine (C=N–C) groups is 1. The van der Waals surface area contributed by atoms with Crippen LogP contribution in [0.15, 0.2) is 33.0 Å². The number of furan rings is 1. The first kappa shape index (κ1) is 21.1. The second-order valence-electron chi connectivity index (χ2n) is 6.49. The van der Waals surface area contributed by atoms with Gasteiger partial charge in [0.2, 0.25) is 0 Å². The summed E-state index contributed by atoms with van der Waals surface area (Å²) in [6, 6.07) is 6.88. The van der Waals surface area contributed by atoms with E-state index in [1.54, 1.807) is 0 Å². The van der Waals surface area contributed by atoms with Crippen molar-refractivity contribution in [3.05, 3.63) is 40.7 Å². The molecule has 1 fully saturated rings. The Kier molecular flexibility index (Phi) is 8.27. The van der Waals surface area contributed by atoms with Crippen LogP contribution in [-0.2, 0) is 6.54 Å². The highest BCUT2D eigenvalue weighted by molar-refractivity contribution is 14.0. The molecule has 0 spiro atoms. The highest BCUT2D eigenvalue weighted by atomic mass is 127. The van der Waals surface area contributed by atoms with E-state index in [2.05, 4.69) is 46.0 Å². The number of nitrogens with one attached hydrogen (secondary N) is 2. The summed E-state index contributed by atoms with van der Waals surface area (Å²) in [5, 5.41) is 10.5. The van der Waals surface area contributed by atoms with Crippen molar-refractivity contribution >= 4 is 46.3 Å². The molecule has 0 saturated carbocycles. The van der Waals surface area contributed by atoms with Gasteiger partial charge in [0, 0.05) is 31.2 Å². The van der Waals surface area contributed by atoms with E-state index in [-0.39, 0.29) is 24.0 Å². The summed E-state index contributed by atoms with van der Waals surface area (Å²) in [4.78, 5) is 7.22. The van der Waals surface area contributed by atoms with Crippen molar-refractivity contribution in [1.29, 1.82) is 0 Å². The Balaban J connectivity index is 0.00000243. The summed E-state index contributed by atoms with van der Waals surface area (Å²) in [6.45, 7) is 9.78. The average molecular weight is 488 g/mol. The molecule has 2 aromatic rings. The fourth-order valence-corrected chi connectivity index (χ4v) is 4.00. The molecular weight excluding hydrogens is 459 g/mol. The van der Waals surface area contributed by atoms with Gasteiger partial charge in [-0.05, 0) is 57.2 Å². The van der Waals surface area contributed by atoms with Crippen molar-refractivity contribution in [2.24, 2.45) is 4.99 Å². The molecule has 26 heavy (non-hydrogen) atoms. The van der Waals surface area contributed by atoms with Crippen LogP contribution in [-0.4, -0.2) is 31.6 Å². The molecule has 3 heterocycles. The zero-order chi connectivity index (χ0) is 17.6. The largest absolute Gasteiger partial charge is 0.466 e. The average Bonchev–Trinajstić information content (AvgIpc) is 3.23. The Hall–Kier alpha value is -1.22. The molecule has 0 aliphatic carbocycles. The summed E-state index contributed by atoms with van der Waals surface area (Å²) in [5.41, 5.74) is 1.15. The summed E-state index contributed by atoms with van der Waals surface area (Å²) in [5.74, 6) is 2.80. The van der Waals surface area contributed by atoms with Gasteiger partial charge in [-0.2, -0.15) is 0 Å². The minimum atomic E-state index is 0. The fraction of sp³-hybridized carbons (Fsp3) is 0.526. The van der Waals surface area contributed by atoms with Crippen LogP contribution < -0.4 is 15.5 Å². The molecule has 2 aromatic heterocycles. The number of thiophene rings is 1. The van der Waals surface area contributed by atoms with Crippen LogP contribution in [0.1, 0.15) is 36.8 Å². The van der Waals surface area contributed by atoms with Crippen molar-refractivity contribution in [3.8, 4) is 0 Å². The topological polar surface area (TPSA) is 52.8 Å². The van der Waals surface area contributed by atoms with Gasteiger partial charge >= 0.3 is 0 Å². The molecule has 0 amide bonds. The summed E-state index contributed by atoms with van der Waals surface area (Å²) >= 11 is 1.82. The molecule has 1 saturated heterocycles. The number of hydrogen-bond acceptors (Lipinski definition) is 4. The Bertz CT molecular complexity index is 690. The van der Waals surface area contributed by atoms with Crippen LogP contribution in [0, 0.1) is 13.8 Å². The molecule has 1 aliphatic heterocycles. The second-order valence-corrected chi connectivity index (χ2v) is 7.42. The predicted molar refractivity (Wildman–Crippen MR) is 121 cm³/mol. The standard InChI is InChI=1S/C19H28N4OS.HI/c1-4-20-19(21-13-16-12-14(2)24-15(16)3)22-17-7-9-23(10-8-17)18-6-5-11-25-18;/h5-6,11-12,17H,4,7-10,13H2,1-3H3,(H2,20,21,22);1H. The van der Waals surface area contributed by atoms with Gasteiger partial charge in [-0.25, -0.2) is 4.99 Å². The van der Waals surface area contributed by atoms with Gasteiger partial charge < -0.3 is 20.0 Å². The maximum absolute atomic E-state index is 5.59. The fourth-order valence-electron chi connectivity index (χ4n) is 3.21. The summed E-state index contributed by atoms with van der Waals surface area (Å²) in [6.07, 6.45) is 2.26. The van der Waals surface area contributed by atoms with Gasteiger partial charge in [-0.15, -0.1) is 35.3 Å². The molecule has 0 bridgehead atoms. The van der Waals surface area contributed by atoms with E-state index in [0.717, 1.165) is 55.5 Å². The monoisotopic (exact) mass is 488 g/mol. The third-order valence-corrected chi connectivity index (χ3v) is 5.48. The Morgan fingerprint density at radius 2 is 2.12 bits per heavy atom. The molecule has 0 unspecified atom stereocenters. The number of nitrogens with zero attached hydrogens (tertiary/aromatic N) is 2. The van der Waals surface area contributed by atoms with Crippen molar-refractivity contribution in [2.45, 2.75) is 46.2 Å². The number of guanidine groups is 1. The third-order valence-electron chi connectivity index (χ3n) is 4.55. The van der Waals surface area contributed by atoms with Crippen molar-refractivity contribution in [1.82, 2.24) is 10.6 Å². The summed E-state index contributed by atoms with van der Waals surface area (Å²) < 4.78 is 5.59. The van der Waals surface area contributed by atoms with Crippen LogP contribution >= 0.6 is 35.3 Å². The van der Waals surface area contributed by atoms with Crippen molar-refractivity contribution in [3.63, 3.8) is 0 Å². The van der Waals surface area contributed by atoms with Crippen LogP contribution in [0.3, 0.4) is 0 Å². The SMILES string of the molecule is CCNC(=NCc1cc(C)oc1C)NC1CCN(c2cccs2)CC1.I. The van der Waals surface area contributed by atoms with Crippen LogP contribution in [0.4, 0.5) is 5.00 Å². The third kappa shape index (κ3) is 5.64. The van der Waals surface area contributed by atoms with Gasteiger partial charge in [0.1, 0.15) is 11.5 Å². The number of anilines is 1. The molecular formula is C19H29IN4OS. The van der Waals surface area contributed by atoms with Gasteiger partial charge in [-0.1, -0.05) is 0 Å². The summed E-state index contributed by atoms with van der Waals surface area (Å²) in [7, 11) is 0. The maximum Gasteiger partial charge on any atom is 0.191 e. The minimum absolute atomic E-state index is 0. The number of halogens is 1. The second kappa shape index (κ2) is 10.2. The first-order chi connectivity index (χ1) is 12.2. The zero-order valence-electron chi connectivity index (χ0n) is 15.7. The lowest BCUT2D eigenvalue weighted by Crippen LogP contribution is -2.48. The smallest absolute Gasteiger partial charge is 0.191 e. The first-order valence-corrected chi connectivity index (χ1v) is 9.93. The van der Waals surface area contributed by atoms with Gasteiger partial charge in [0.05, 0.1) is 11.5 Å². The highest BCUT2D eigenvalue weighted by Crippen LogP contribution is 2.24. The molecule has 144 valence electrons. The van der Waals surface area contributed by atoms with E-state index >= 15 is 0 Å². The molecule has 0 radical (unpaired) electrons.